The van der Waals surface area contributed by atoms with Gasteiger partial charge < -0.3 is 10.6 Å². The number of hydrogen-bond acceptors (Lipinski definition) is 3. The Bertz CT molecular complexity index is 511. The fraction of sp³-hybridized carbons (Fsp3) is 0.632. The van der Waals surface area contributed by atoms with Crippen molar-refractivity contribution in [3.63, 3.8) is 0 Å². The lowest BCUT2D eigenvalue weighted by molar-refractivity contribution is -0.138. The number of rotatable bonds is 3. The van der Waals surface area contributed by atoms with Gasteiger partial charge in [-0.15, -0.1) is 0 Å². The second-order valence-electron chi connectivity index (χ2n) is 7.12. The first kappa shape index (κ1) is 16.5. The minimum Gasteiger partial charge on any atom is -0.340 e. The zero-order valence-corrected chi connectivity index (χ0v) is 14.0. The lowest BCUT2D eigenvalue weighted by Gasteiger charge is -2.36. The highest BCUT2D eigenvalue weighted by molar-refractivity contribution is 5.86. The van der Waals surface area contributed by atoms with Gasteiger partial charge in [0.1, 0.15) is 0 Å². The van der Waals surface area contributed by atoms with E-state index in [1.54, 1.807) is 0 Å². The predicted molar refractivity (Wildman–Crippen MR) is 92.9 cm³/mol. The van der Waals surface area contributed by atoms with Gasteiger partial charge in [-0.05, 0) is 24.8 Å². The van der Waals surface area contributed by atoms with Gasteiger partial charge in [0.25, 0.3) is 0 Å². The van der Waals surface area contributed by atoms with Crippen LogP contribution in [-0.2, 0) is 11.3 Å². The van der Waals surface area contributed by atoms with Gasteiger partial charge in [-0.1, -0.05) is 49.6 Å². The maximum atomic E-state index is 12.9. The van der Waals surface area contributed by atoms with Gasteiger partial charge in [0.2, 0.25) is 5.91 Å². The van der Waals surface area contributed by atoms with E-state index in [1.165, 1.54) is 12.0 Å². The molecule has 0 bridgehead atoms. The highest BCUT2D eigenvalue weighted by Gasteiger charge is 2.38. The molecule has 2 aliphatic rings. The van der Waals surface area contributed by atoms with E-state index in [2.05, 4.69) is 35.2 Å². The Balaban J connectivity index is 1.56. The molecule has 0 unspecified atom stereocenters. The molecule has 23 heavy (non-hydrogen) atoms. The largest absolute Gasteiger partial charge is 0.340 e. The third-order valence-electron chi connectivity index (χ3n) is 5.30. The number of carbonyl (C=O) groups excluding carboxylic acids is 1. The molecule has 1 aromatic carbocycles. The van der Waals surface area contributed by atoms with Crippen molar-refractivity contribution in [2.24, 2.45) is 5.73 Å². The maximum Gasteiger partial charge on any atom is 0.242 e. The minimum atomic E-state index is -0.590. The van der Waals surface area contributed by atoms with Gasteiger partial charge in [-0.25, -0.2) is 0 Å². The monoisotopic (exact) mass is 315 g/mol. The second kappa shape index (κ2) is 7.45. The summed E-state index contributed by atoms with van der Waals surface area (Å²) in [6.45, 7) is 4.62. The highest BCUT2D eigenvalue weighted by Crippen LogP contribution is 2.28. The minimum absolute atomic E-state index is 0.193. The SMILES string of the molecule is NC1(C(=O)N2CCCN(Cc3ccccc3)CC2)CCCCC1. The Hall–Kier alpha value is -1.39. The van der Waals surface area contributed by atoms with Gasteiger partial charge >= 0.3 is 0 Å². The van der Waals surface area contributed by atoms with E-state index in [0.29, 0.717) is 0 Å². The maximum absolute atomic E-state index is 12.9. The van der Waals surface area contributed by atoms with E-state index in [9.17, 15) is 4.79 Å². The number of hydrogen-bond donors (Lipinski definition) is 1. The molecule has 4 heteroatoms. The molecule has 1 aromatic rings. The Labute approximate surface area is 139 Å². The van der Waals surface area contributed by atoms with E-state index < -0.39 is 5.54 Å². The van der Waals surface area contributed by atoms with Crippen LogP contribution in [0.4, 0.5) is 0 Å². The van der Waals surface area contributed by atoms with Crippen molar-refractivity contribution in [3.05, 3.63) is 35.9 Å². The topological polar surface area (TPSA) is 49.6 Å². The lowest BCUT2D eigenvalue weighted by atomic mass is 9.81. The molecule has 4 nitrogen and oxygen atoms in total. The molecule has 1 saturated carbocycles. The highest BCUT2D eigenvalue weighted by atomic mass is 16.2. The van der Waals surface area contributed by atoms with Gasteiger partial charge in [-0.2, -0.15) is 0 Å². The summed E-state index contributed by atoms with van der Waals surface area (Å²) in [5.41, 5.74) is 7.19. The van der Waals surface area contributed by atoms with Crippen molar-refractivity contribution in [1.82, 2.24) is 9.80 Å². The zero-order chi connectivity index (χ0) is 16.1. The molecular weight excluding hydrogens is 286 g/mol. The summed E-state index contributed by atoms with van der Waals surface area (Å²) in [7, 11) is 0. The Morgan fingerprint density at radius 1 is 0.957 bits per heavy atom. The van der Waals surface area contributed by atoms with Crippen molar-refractivity contribution in [2.45, 2.75) is 50.6 Å². The van der Waals surface area contributed by atoms with Gasteiger partial charge in [0.15, 0.2) is 0 Å². The third kappa shape index (κ3) is 4.12. The number of nitrogens with two attached hydrogens (primary N) is 1. The smallest absolute Gasteiger partial charge is 0.242 e. The molecule has 2 N–H and O–H groups in total. The average Bonchev–Trinajstić information content (AvgIpc) is 2.81. The van der Waals surface area contributed by atoms with Crippen LogP contribution in [-0.4, -0.2) is 47.4 Å². The summed E-state index contributed by atoms with van der Waals surface area (Å²) in [6.07, 6.45) is 6.16. The first-order chi connectivity index (χ1) is 11.2. The third-order valence-corrected chi connectivity index (χ3v) is 5.30. The van der Waals surface area contributed by atoms with Crippen molar-refractivity contribution < 1.29 is 4.79 Å². The van der Waals surface area contributed by atoms with E-state index >= 15 is 0 Å². The van der Waals surface area contributed by atoms with E-state index in [4.69, 9.17) is 5.73 Å². The molecule has 1 saturated heterocycles. The summed E-state index contributed by atoms with van der Waals surface area (Å²) in [6, 6.07) is 10.6. The van der Waals surface area contributed by atoms with Crippen LogP contribution in [0.5, 0.6) is 0 Å². The molecular formula is C19H29N3O. The predicted octanol–water partition coefficient (Wildman–Crippen LogP) is 2.38. The summed E-state index contributed by atoms with van der Waals surface area (Å²) in [5, 5.41) is 0. The van der Waals surface area contributed by atoms with Crippen molar-refractivity contribution in [2.75, 3.05) is 26.2 Å². The van der Waals surface area contributed by atoms with Crippen LogP contribution in [0, 0.1) is 0 Å². The Morgan fingerprint density at radius 2 is 1.70 bits per heavy atom. The summed E-state index contributed by atoms with van der Waals surface area (Å²) in [5.74, 6) is 0.193. The number of nitrogens with zero attached hydrogens (tertiary/aromatic N) is 2. The average molecular weight is 315 g/mol. The van der Waals surface area contributed by atoms with Crippen LogP contribution in [0.15, 0.2) is 30.3 Å². The fourth-order valence-electron chi connectivity index (χ4n) is 3.89. The Kier molecular flexibility index (Phi) is 5.34. The number of carbonyl (C=O) groups is 1. The first-order valence-corrected chi connectivity index (χ1v) is 9.02. The molecule has 0 spiro atoms. The fourth-order valence-corrected chi connectivity index (χ4v) is 3.89. The van der Waals surface area contributed by atoms with Gasteiger partial charge in [0, 0.05) is 32.7 Å². The van der Waals surface area contributed by atoms with Crippen LogP contribution in [0.3, 0.4) is 0 Å². The summed E-state index contributed by atoms with van der Waals surface area (Å²) < 4.78 is 0. The first-order valence-electron chi connectivity index (χ1n) is 9.02. The molecule has 1 heterocycles. The number of amides is 1. The lowest BCUT2D eigenvalue weighted by Crippen LogP contribution is -2.56. The van der Waals surface area contributed by atoms with Crippen LogP contribution in [0.25, 0.3) is 0 Å². The summed E-state index contributed by atoms with van der Waals surface area (Å²) >= 11 is 0. The van der Waals surface area contributed by atoms with Crippen LogP contribution in [0.1, 0.15) is 44.1 Å². The van der Waals surface area contributed by atoms with Crippen molar-refractivity contribution in [3.8, 4) is 0 Å². The van der Waals surface area contributed by atoms with Crippen molar-refractivity contribution >= 4 is 5.91 Å². The number of benzene rings is 1. The van der Waals surface area contributed by atoms with Gasteiger partial charge in [-0.3, -0.25) is 9.69 Å². The standard InChI is InChI=1S/C19H29N3O/c20-19(10-5-2-6-11-19)18(23)22-13-7-12-21(14-15-22)16-17-8-3-1-4-9-17/h1,3-4,8-9H,2,5-7,10-16,20H2. The second-order valence-corrected chi connectivity index (χ2v) is 7.12. The van der Waals surface area contributed by atoms with Crippen LogP contribution >= 0.6 is 0 Å². The van der Waals surface area contributed by atoms with E-state index in [-0.39, 0.29) is 5.91 Å². The molecule has 0 atom stereocenters. The Morgan fingerprint density at radius 3 is 2.43 bits per heavy atom. The molecule has 0 radical (unpaired) electrons. The molecule has 2 fully saturated rings. The quantitative estimate of drug-likeness (QED) is 0.932. The molecule has 1 aliphatic carbocycles. The normalized spacial score (nSPS) is 22.6. The molecule has 1 amide bonds. The van der Waals surface area contributed by atoms with E-state index in [0.717, 1.165) is 64.8 Å². The van der Waals surface area contributed by atoms with E-state index in [1.807, 2.05) is 4.90 Å². The zero-order valence-electron chi connectivity index (χ0n) is 14.0. The van der Waals surface area contributed by atoms with Gasteiger partial charge in [0.05, 0.1) is 5.54 Å². The van der Waals surface area contributed by atoms with Crippen molar-refractivity contribution in [1.29, 1.82) is 0 Å². The van der Waals surface area contributed by atoms with Crippen LogP contribution < -0.4 is 5.73 Å². The molecule has 3 rings (SSSR count). The van der Waals surface area contributed by atoms with Crippen LogP contribution in [0.2, 0.25) is 0 Å². The molecule has 126 valence electrons. The molecule has 1 aliphatic heterocycles. The summed E-state index contributed by atoms with van der Waals surface area (Å²) in [4.78, 5) is 17.4. The molecule has 0 aromatic heterocycles.